The highest BCUT2D eigenvalue weighted by molar-refractivity contribution is 5.74. The summed E-state index contributed by atoms with van der Waals surface area (Å²) < 4.78 is 5.53. The van der Waals surface area contributed by atoms with Crippen molar-refractivity contribution in [3.8, 4) is 0 Å². The molecule has 1 aliphatic rings. The van der Waals surface area contributed by atoms with Crippen LogP contribution in [0.5, 0.6) is 0 Å². The number of anilines is 2. The maximum Gasteiger partial charge on any atom is 0.410 e. The third-order valence-corrected chi connectivity index (χ3v) is 5.26. The molecular weight excluding hydrogens is 404 g/mol. The average molecular weight is 435 g/mol. The summed E-state index contributed by atoms with van der Waals surface area (Å²) in [7, 11) is 0. The van der Waals surface area contributed by atoms with Gasteiger partial charge in [-0.25, -0.2) is 9.78 Å². The summed E-state index contributed by atoms with van der Waals surface area (Å²) in [6, 6.07) is 10.1. The monoisotopic (exact) mass is 434 g/mol. The molecule has 0 bridgehead atoms. The first-order valence-electron chi connectivity index (χ1n) is 11.0. The van der Waals surface area contributed by atoms with Gasteiger partial charge in [-0.1, -0.05) is 6.07 Å². The Bertz CT molecular complexity index is 1080. The van der Waals surface area contributed by atoms with Gasteiger partial charge in [-0.15, -0.1) is 0 Å². The lowest BCUT2D eigenvalue weighted by Crippen LogP contribution is -2.39. The molecule has 0 aliphatic carbocycles. The van der Waals surface area contributed by atoms with Crippen LogP contribution in [-0.4, -0.2) is 57.7 Å². The molecule has 1 saturated heterocycles. The molecule has 8 heteroatoms. The summed E-state index contributed by atoms with van der Waals surface area (Å²) in [6.45, 7) is 9.31. The molecule has 1 aliphatic heterocycles. The van der Waals surface area contributed by atoms with Crippen molar-refractivity contribution in [2.24, 2.45) is 0 Å². The third kappa shape index (κ3) is 5.63. The first kappa shape index (κ1) is 21.8. The Labute approximate surface area is 188 Å². The quantitative estimate of drug-likeness (QED) is 0.662. The number of carbonyl (C=O) groups excluding carboxylic acids is 1. The maximum absolute atomic E-state index is 12.4. The number of nitrogens with one attached hydrogen (secondary N) is 1. The summed E-state index contributed by atoms with van der Waals surface area (Å²) in [5.74, 6) is 0.815. The molecule has 2 aromatic heterocycles. The number of hydrogen-bond donors (Lipinski definition) is 1. The molecule has 3 heterocycles. The standard InChI is InChI=1S/C24H30N6O2/c1-24(2,3)32-23(31)30-12-4-11-29(13-14-30)19-7-8-27-22(16-19)28-17-18-5-6-20-21(15-18)26-10-9-25-20/h5-10,15-16H,4,11-14,17H2,1-3H3,(H,27,28). The molecule has 8 nitrogen and oxygen atoms in total. The minimum absolute atomic E-state index is 0.239. The van der Waals surface area contributed by atoms with E-state index >= 15 is 0 Å². The smallest absolute Gasteiger partial charge is 0.410 e. The largest absolute Gasteiger partial charge is 0.444 e. The van der Waals surface area contributed by atoms with E-state index in [4.69, 9.17) is 4.74 Å². The highest BCUT2D eigenvalue weighted by atomic mass is 16.6. The van der Waals surface area contributed by atoms with Crippen LogP contribution in [0.25, 0.3) is 11.0 Å². The number of benzene rings is 1. The van der Waals surface area contributed by atoms with Crippen molar-refractivity contribution in [3.63, 3.8) is 0 Å². The van der Waals surface area contributed by atoms with Crippen LogP contribution in [0.3, 0.4) is 0 Å². The van der Waals surface area contributed by atoms with Gasteiger partial charge in [-0.3, -0.25) is 9.97 Å². The van der Waals surface area contributed by atoms with E-state index < -0.39 is 5.60 Å². The van der Waals surface area contributed by atoms with Crippen LogP contribution in [0.1, 0.15) is 32.8 Å². The summed E-state index contributed by atoms with van der Waals surface area (Å²) in [6.07, 6.45) is 5.88. The number of aromatic nitrogens is 3. The van der Waals surface area contributed by atoms with Crippen molar-refractivity contribution < 1.29 is 9.53 Å². The van der Waals surface area contributed by atoms with Gasteiger partial charge in [-0.2, -0.15) is 0 Å². The second-order valence-electron chi connectivity index (χ2n) is 8.94. The molecule has 1 amide bonds. The fraction of sp³-hybridized carbons (Fsp3) is 0.417. The molecule has 0 radical (unpaired) electrons. The minimum atomic E-state index is -0.480. The van der Waals surface area contributed by atoms with Crippen molar-refractivity contribution >= 4 is 28.6 Å². The Balaban J connectivity index is 1.37. The molecule has 1 aromatic carbocycles. The summed E-state index contributed by atoms with van der Waals surface area (Å²) in [4.78, 5) is 29.7. The van der Waals surface area contributed by atoms with Crippen LogP contribution in [0.15, 0.2) is 48.9 Å². The number of fused-ring (bicyclic) bond motifs is 1. The minimum Gasteiger partial charge on any atom is -0.444 e. The molecule has 1 fully saturated rings. The van der Waals surface area contributed by atoms with E-state index in [9.17, 15) is 4.79 Å². The second-order valence-corrected chi connectivity index (χ2v) is 8.94. The van der Waals surface area contributed by atoms with Crippen LogP contribution in [-0.2, 0) is 11.3 Å². The fourth-order valence-electron chi connectivity index (χ4n) is 3.71. The van der Waals surface area contributed by atoms with Crippen LogP contribution in [0.2, 0.25) is 0 Å². The van der Waals surface area contributed by atoms with E-state index in [1.165, 1.54) is 0 Å². The van der Waals surface area contributed by atoms with E-state index in [2.05, 4.69) is 31.2 Å². The van der Waals surface area contributed by atoms with Gasteiger partial charge in [0.15, 0.2) is 0 Å². The highest BCUT2D eigenvalue weighted by Crippen LogP contribution is 2.21. The second kappa shape index (κ2) is 9.38. The predicted octanol–water partition coefficient (Wildman–Crippen LogP) is 4.08. The van der Waals surface area contributed by atoms with Gasteiger partial charge in [0, 0.05) is 63.1 Å². The lowest BCUT2D eigenvalue weighted by Gasteiger charge is -2.27. The first-order chi connectivity index (χ1) is 15.4. The Kier molecular flexibility index (Phi) is 6.39. The van der Waals surface area contributed by atoms with E-state index in [1.54, 1.807) is 17.3 Å². The summed E-state index contributed by atoms with van der Waals surface area (Å²) in [5.41, 5.74) is 3.50. The van der Waals surface area contributed by atoms with Crippen molar-refractivity contribution in [1.29, 1.82) is 0 Å². The van der Waals surface area contributed by atoms with E-state index in [0.29, 0.717) is 19.6 Å². The third-order valence-electron chi connectivity index (χ3n) is 5.26. The zero-order valence-corrected chi connectivity index (χ0v) is 18.9. The fourth-order valence-corrected chi connectivity index (χ4v) is 3.71. The number of pyridine rings is 1. The Morgan fingerprint density at radius 1 is 0.969 bits per heavy atom. The van der Waals surface area contributed by atoms with Crippen molar-refractivity contribution in [2.45, 2.75) is 39.3 Å². The summed E-state index contributed by atoms with van der Waals surface area (Å²) in [5, 5.41) is 3.40. The van der Waals surface area contributed by atoms with Crippen LogP contribution in [0, 0.1) is 0 Å². The normalized spacial score (nSPS) is 14.8. The average Bonchev–Trinajstić information content (AvgIpc) is 3.03. The van der Waals surface area contributed by atoms with Gasteiger partial charge in [0.1, 0.15) is 11.4 Å². The molecule has 0 saturated carbocycles. The van der Waals surface area contributed by atoms with Crippen LogP contribution < -0.4 is 10.2 Å². The summed E-state index contributed by atoms with van der Waals surface area (Å²) >= 11 is 0. The number of ether oxygens (including phenoxy) is 1. The van der Waals surface area contributed by atoms with Gasteiger partial charge >= 0.3 is 6.09 Å². The first-order valence-corrected chi connectivity index (χ1v) is 11.0. The van der Waals surface area contributed by atoms with E-state index in [-0.39, 0.29) is 6.09 Å². The number of rotatable bonds is 4. The lowest BCUT2D eigenvalue weighted by molar-refractivity contribution is 0.0263. The van der Waals surface area contributed by atoms with E-state index in [0.717, 1.165) is 47.6 Å². The van der Waals surface area contributed by atoms with Gasteiger partial charge in [0.25, 0.3) is 0 Å². The number of nitrogens with zero attached hydrogens (tertiary/aromatic N) is 5. The van der Waals surface area contributed by atoms with Crippen molar-refractivity contribution in [3.05, 3.63) is 54.5 Å². The number of amides is 1. The molecule has 168 valence electrons. The zero-order valence-electron chi connectivity index (χ0n) is 18.9. The SMILES string of the molecule is CC(C)(C)OC(=O)N1CCCN(c2ccnc(NCc3ccc4nccnc4c3)c2)CC1. The van der Waals surface area contributed by atoms with Gasteiger partial charge in [0.2, 0.25) is 0 Å². The molecular formula is C24H30N6O2. The van der Waals surface area contributed by atoms with E-state index in [1.807, 2.05) is 51.2 Å². The number of carbonyl (C=O) groups is 1. The maximum atomic E-state index is 12.4. The molecule has 32 heavy (non-hydrogen) atoms. The molecule has 0 spiro atoms. The molecule has 0 atom stereocenters. The molecule has 1 N–H and O–H groups in total. The number of hydrogen-bond acceptors (Lipinski definition) is 7. The molecule has 4 rings (SSSR count). The topological polar surface area (TPSA) is 83.5 Å². The lowest BCUT2D eigenvalue weighted by atomic mass is 10.2. The Morgan fingerprint density at radius 2 is 1.78 bits per heavy atom. The van der Waals surface area contributed by atoms with Gasteiger partial charge in [0.05, 0.1) is 11.0 Å². The van der Waals surface area contributed by atoms with Gasteiger partial charge in [-0.05, 0) is 51.0 Å². The van der Waals surface area contributed by atoms with Crippen molar-refractivity contribution in [2.75, 3.05) is 36.4 Å². The van der Waals surface area contributed by atoms with Crippen molar-refractivity contribution in [1.82, 2.24) is 19.9 Å². The Hall–Kier alpha value is -3.42. The van der Waals surface area contributed by atoms with Crippen LogP contribution in [0.4, 0.5) is 16.3 Å². The predicted molar refractivity (Wildman–Crippen MR) is 126 cm³/mol. The zero-order chi connectivity index (χ0) is 22.6. The highest BCUT2D eigenvalue weighted by Gasteiger charge is 2.24. The van der Waals surface area contributed by atoms with Gasteiger partial charge < -0.3 is 19.9 Å². The van der Waals surface area contributed by atoms with Crippen LogP contribution >= 0.6 is 0 Å². The molecule has 0 unspecified atom stereocenters. The molecule has 3 aromatic rings. The Morgan fingerprint density at radius 3 is 2.59 bits per heavy atom.